The molecule has 48 heavy (non-hydrogen) atoms. The molecule has 1 amide bonds. The van der Waals surface area contributed by atoms with E-state index in [1.165, 1.54) is 11.1 Å². The lowest BCUT2D eigenvalue weighted by molar-refractivity contribution is -0.122. The molecule has 1 atom stereocenters. The molecule has 3 aromatic carbocycles. The van der Waals surface area contributed by atoms with Gasteiger partial charge in [-0.3, -0.25) is 4.79 Å². The van der Waals surface area contributed by atoms with Gasteiger partial charge in [0.1, 0.15) is 11.5 Å². The smallest absolute Gasteiger partial charge is 0.220 e. The summed E-state index contributed by atoms with van der Waals surface area (Å²) >= 11 is 27.4. The lowest BCUT2D eigenvalue weighted by atomic mass is 9.75. The average molecular weight is 730 g/mol. The number of allylic oxidation sites excluding steroid dienone is 1. The van der Waals surface area contributed by atoms with Crippen LogP contribution in [0.1, 0.15) is 94.2 Å². The number of nitrogens with one attached hydrogen (secondary N) is 1. The van der Waals surface area contributed by atoms with Crippen LogP contribution in [0.15, 0.2) is 30.3 Å². The molecule has 4 heterocycles. The molecule has 4 aliphatic heterocycles. The van der Waals surface area contributed by atoms with Crippen molar-refractivity contribution >= 4 is 69.3 Å². The summed E-state index contributed by atoms with van der Waals surface area (Å²) in [6.45, 7) is 14.4. The van der Waals surface area contributed by atoms with Gasteiger partial charge in [-0.2, -0.15) is 0 Å². The molecular formula is C38H41Cl4N3O3. The van der Waals surface area contributed by atoms with Gasteiger partial charge in [-0.15, -0.1) is 0 Å². The topological polar surface area (TPSA) is 54.0 Å². The van der Waals surface area contributed by atoms with E-state index in [0.717, 1.165) is 66.0 Å². The van der Waals surface area contributed by atoms with Crippen LogP contribution >= 0.6 is 46.4 Å². The van der Waals surface area contributed by atoms with Gasteiger partial charge >= 0.3 is 0 Å². The van der Waals surface area contributed by atoms with Crippen molar-refractivity contribution < 1.29 is 14.3 Å². The van der Waals surface area contributed by atoms with Crippen LogP contribution in [0.4, 0.5) is 11.4 Å². The Hall–Kier alpha value is -2.61. The summed E-state index contributed by atoms with van der Waals surface area (Å²) in [7, 11) is 2.11. The highest BCUT2D eigenvalue weighted by Gasteiger charge is 2.53. The molecule has 0 aromatic heterocycles. The fraction of sp³-hybridized carbons (Fsp3) is 0.447. The van der Waals surface area contributed by atoms with Crippen molar-refractivity contribution in [3.05, 3.63) is 83.8 Å². The second-order valence-corrected chi connectivity index (χ2v) is 16.6. The Morgan fingerprint density at radius 3 is 2.33 bits per heavy atom. The Balaban J connectivity index is 1.39. The molecule has 3 aromatic rings. The average Bonchev–Trinajstić information content (AvgIpc) is 3.41. The van der Waals surface area contributed by atoms with Crippen molar-refractivity contribution in [1.82, 2.24) is 5.32 Å². The normalized spacial score (nSPS) is 20.4. The quantitative estimate of drug-likeness (QED) is 0.214. The number of halogens is 4. The maximum Gasteiger partial charge on any atom is 0.220 e. The monoisotopic (exact) mass is 727 g/mol. The van der Waals surface area contributed by atoms with E-state index < -0.39 is 5.60 Å². The Morgan fingerprint density at radius 1 is 0.958 bits per heavy atom. The van der Waals surface area contributed by atoms with Crippen LogP contribution in [-0.4, -0.2) is 37.1 Å². The van der Waals surface area contributed by atoms with E-state index in [9.17, 15) is 4.79 Å². The molecule has 0 saturated carbocycles. The minimum Gasteiger partial charge on any atom is -0.456 e. The van der Waals surface area contributed by atoms with Gasteiger partial charge < -0.3 is 24.6 Å². The fourth-order valence-corrected chi connectivity index (χ4v) is 8.93. The molecule has 6 nitrogen and oxygen atoms in total. The molecular weight excluding hydrogens is 688 g/mol. The van der Waals surface area contributed by atoms with Crippen LogP contribution in [-0.2, 0) is 28.2 Å². The highest BCUT2D eigenvalue weighted by Crippen LogP contribution is 2.62. The van der Waals surface area contributed by atoms with Crippen LogP contribution < -0.4 is 19.9 Å². The summed E-state index contributed by atoms with van der Waals surface area (Å²) in [6.07, 6.45) is 5.40. The summed E-state index contributed by atoms with van der Waals surface area (Å²) in [4.78, 5) is 17.2. The molecule has 1 unspecified atom stereocenters. The predicted octanol–water partition coefficient (Wildman–Crippen LogP) is 10.3. The third kappa shape index (κ3) is 5.29. The zero-order chi connectivity index (χ0) is 34.5. The van der Waals surface area contributed by atoms with Crippen molar-refractivity contribution in [1.29, 1.82) is 0 Å². The van der Waals surface area contributed by atoms with Gasteiger partial charge in [0.25, 0.3) is 0 Å². The van der Waals surface area contributed by atoms with Crippen LogP contribution in [0.5, 0.6) is 11.5 Å². The van der Waals surface area contributed by atoms with E-state index in [1.807, 2.05) is 20.8 Å². The molecule has 4 aliphatic rings. The van der Waals surface area contributed by atoms with Crippen molar-refractivity contribution in [2.24, 2.45) is 0 Å². The molecule has 0 saturated heterocycles. The zero-order valence-corrected chi connectivity index (χ0v) is 31.5. The number of fused-ring (bicyclic) bond motifs is 8. The van der Waals surface area contributed by atoms with Crippen LogP contribution in [0.2, 0.25) is 20.1 Å². The minimum absolute atomic E-state index is 0.0694. The van der Waals surface area contributed by atoms with E-state index in [1.54, 1.807) is 0 Å². The van der Waals surface area contributed by atoms with E-state index in [2.05, 4.69) is 73.3 Å². The standard InChI is InChI=1S/C38H41Cl4N3O3/c1-20-18-37(5,6)44(7)27-17-29-25(15-22(20)27)38(31-23(19-47-38)32(39)34(41)35(42)33(31)40)24-14-21-10-8-12-45(26(21)16-28(24)48-29)13-9-11-30(46)43-36(2,3)4/h14-18H,8-13,19H2,1-7H3,(H,43,46). The van der Waals surface area contributed by atoms with Crippen LogP contribution in [0.3, 0.4) is 0 Å². The minimum atomic E-state index is -1.13. The van der Waals surface area contributed by atoms with Gasteiger partial charge in [-0.1, -0.05) is 52.5 Å². The van der Waals surface area contributed by atoms with E-state index in [0.29, 0.717) is 33.5 Å². The number of benzene rings is 3. The van der Waals surface area contributed by atoms with Crippen molar-refractivity contribution in [3.63, 3.8) is 0 Å². The Labute approximate surface area is 303 Å². The van der Waals surface area contributed by atoms with E-state index in [-0.39, 0.29) is 33.6 Å². The third-order valence-corrected chi connectivity index (χ3v) is 12.0. The predicted molar refractivity (Wildman–Crippen MR) is 198 cm³/mol. The van der Waals surface area contributed by atoms with Gasteiger partial charge in [0.2, 0.25) is 5.91 Å². The first-order valence-electron chi connectivity index (χ1n) is 16.6. The highest BCUT2D eigenvalue weighted by molar-refractivity contribution is 6.52. The number of carbonyl (C=O) groups excluding carboxylic acids is 1. The second kappa shape index (κ2) is 11.7. The van der Waals surface area contributed by atoms with Gasteiger partial charge in [0, 0.05) is 83.4 Å². The Bertz CT molecular complexity index is 1910. The fourth-order valence-electron chi connectivity index (χ4n) is 7.85. The summed E-state index contributed by atoms with van der Waals surface area (Å²) in [5, 5.41) is 4.18. The van der Waals surface area contributed by atoms with Crippen molar-refractivity contribution in [3.8, 4) is 11.5 Å². The molecule has 0 aliphatic carbocycles. The first-order chi connectivity index (χ1) is 22.5. The summed E-state index contributed by atoms with van der Waals surface area (Å²) in [5.41, 5.74) is 7.23. The molecule has 1 N–H and O–H groups in total. The number of likely N-dealkylation sites (N-methyl/N-ethyl adjacent to an activating group) is 1. The molecule has 10 heteroatoms. The Kier molecular flexibility index (Phi) is 8.28. The van der Waals surface area contributed by atoms with E-state index >= 15 is 0 Å². The summed E-state index contributed by atoms with van der Waals surface area (Å²) < 4.78 is 13.8. The van der Waals surface area contributed by atoms with Gasteiger partial charge in [0.05, 0.1) is 32.2 Å². The summed E-state index contributed by atoms with van der Waals surface area (Å²) in [5.74, 6) is 1.44. The molecule has 0 fully saturated rings. The van der Waals surface area contributed by atoms with Crippen molar-refractivity contribution in [2.45, 2.75) is 90.5 Å². The molecule has 7 rings (SSSR count). The van der Waals surface area contributed by atoms with E-state index in [4.69, 9.17) is 55.9 Å². The molecule has 0 radical (unpaired) electrons. The second-order valence-electron chi connectivity index (χ2n) is 15.1. The third-order valence-electron chi connectivity index (χ3n) is 10.2. The molecule has 0 bridgehead atoms. The highest BCUT2D eigenvalue weighted by atomic mass is 35.5. The lowest BCUT2D eigenvalue weighted by Gasteiger charge is -2.44. The number of anilines is 2. The maximum absolute atomic E-state index is 12.6. The first kappa shape index (κ1) is 33.9. The number of carbonyl (C=O) groups is 1. The van der Waals surface area contributed by atoms with Gasteiger partial charge in [-0.05, 0) is 84.1 Å². The molecule has 1 spiro atoms. The molecule has 254 valence electrons. The number of nitrogens with zero attached hydrogens (tertiary/aromatic N) is 2. The van der Waals surface area contributed by atoms with Gasteiger partial charge in [-0.25, -0.2) is 0 Å². The number of amides is 1. The number of hydrogen-bond donors (Lipinski definition) is 1. The number of aryl methyl sites for hydroxylation is 1. The number of ether oxygens (including phenoxy) is 2. The van der Waals surface area contributed by atoms with Crippen LogP contribution in [0.25, 0.3) is 5.57 Å². The first-order valence-corrected chi connectivity index (χ1v) is 18.1. The van der Waals surface area contributed by atoms with Crippen LogP contribution in [0, 0.1) is 0 Å². The largest absolute Gasteiger partial charge is 0.456 e. The summed E-state index contributed by atoms with van der Waals surface area (Å²) in [6, 6.07) is 8.65. The maximum atomic E-state index is 12.6. The lowest BCUT2D eigenvalue weighted by Crippen LogP contribution is -2.42. The number of hydrogen-bond acceptors (Lipinski definition) is 5. The van der Waals surface area contributed by atoms with Crippen molar-refractivity contribution in [2.75, 3.05) is 29.9 Å². The SMILES string of the molecule is CC1=CC(C)(C)N(C)c2cc3c(cc21)C1(OCc2c(Cl)c(Cl)c(Cl)c(Cl)c21)c1cc2c(cc1O3)N(CCCC(=O)NC(C)(C)C)CCC2. The Morgan fingerprint density at radius 2 is 1.62 bits per heavy atom. The van der Waals surface area contributed by atoms with Gasteiger partial charge in [0.15, 0.2) is 5.60 Å². The zero-order valence-electron chi connectivity index (χ0n) is 28.5. The number of rotatable bonds is 4.